The Morgan fingerprint density at radius 1 is 1.27 bits per heavy atom. The van der Waals surface area contributed by atoms with Gasteiger partial charge in [0, 0.05) is 10.6 Å². The summed E-state index contributed by atoms with van der Waals surface area (Å²) < 4.78 is 5.12. The number of furan rings is 1. The molecule has 2 heterocycles. The molecule has 0 aromatic carbocycles. The molecule has 6 nitrogen and oxygen atoms in total. The van der Waals surface area contributed by atoms with Crippen molar-refractivity contribution in [3.05, 3.63) is 46.5 Å². The first-order valence-corrected chi connectivity index (χ1v) is 7.65. The van der Waals surface area contributed by atoms with Gasteiger partial charge in [0.25, 0.3) is 0 Å². The van der Waals surface area contributed by atoms with Gasteiger partial charge in [-0.05, 0) is 30.5 Å². The van der Waals surface area contributed by atoms with Crippen LogP contribution in [0.4, 0.5) is 0 Å². The van der Waals surface area contributed by atoms with E-state index in [0.717, 1.165) is 4.88 Å². The van der Waals surface area contributed by atoms with Crippen LogP contribution >= 0.6 is 11.3 Å². The fourth-order valence-corrected chi connectivity index (χ4v) is 2.41. The third-order valence-electron chi connectivity index (χ3n) is 2.74. The predicted octanol–water partition coefficient (Wildman–Crippen LogP) is 2.08. The highest BCUT2D eigenvalue weighted by atomic mass is 32.1. The van der Waals surface area contributed by atoms with Crippen LogP contribution in [0.2, 0.25) is 0 Å². The van der Waals surface area contributed by atoms with Crippen LogP contribution < -0.4 is 10.7 Å². The molecule has 0 spiro atoms. The van der Waals surface area contributed by atoms with E-state index in [4.69, 9.17) is 4.42 Å². The fourth-order valence-electron chi connectivity index (χ4n) is 1.70. The SMILES string of the molecule is CC(CC(=O)NCc1ccco1)=NNC(=O)Cc1cccs1. The second-order valence-corrected chi connectivity index (χ2v) is 5.70. The van der Waals surface area contributed by atoms with E-state index in [1.54, 1.807) is 25.3 Å². The summed E-state index contributed by atoms with van der Waals surface area (Å²) in [5.41, 5.74) is 2.99. The summed E-state index contributed by atoms with van der Waals surface area (Å²) in [6, 6.07) is 7.33. The van der Waals surface area contributed by atoms with Gasteiger partial charge in [0.2, 0.25) is 11.8 Å². The maximum absolute atomic E-state index is 11.7. The molecule has 0 aliphatic rings. The van der Waals surface area contributed by atoms with E-state index in [1.807, 2.05) is 17.5 Å². The van der Waals surface area contributed by atoms with Gasteiger partial charge in [0.1, 0.15) is 5.76 Å². The van der Waals surface area contributed by atoms with Gasteiger partial charge < -0.3 is 9.73 Å². The molecule has 2 amide bonds. The normalized spacial score (nSPS) is 11.2. The van der Waals surface area contributed by atoms with Crippen LogP contribution in [0.25, 0.3) is 0 Å². The highest BCUT2D eigenvalue weighted by Crippen LogP contribution is 2.08. The van der Waals surface area contributed by atoms with Crippen LogP contribution in [-0.2, 0) is 22.6 Å². The van der Waals surface area contributed by atoms with Crippen LogP contribution in [0, 0.1) is 0 Å². The second kappa shape index (κ2) is 8.14. The molecule has 7 heteroatoms. The Labute approximate surface area is 132 Å². The van der Waals surface area contributed by atoms with Gasteiger partial charge in [-0.1, -0.05) is 6.07 Å². The number of carbonyl (C=O) groups excluding carboxylic acids is 2. The summed E-state index contributed by atoms with van der Waals surface area (Å²) in [6.07, 6.45) is 1.97. The van der Waals surface area contributed by atoms with E-state index < -0.39 is 0 Å². The summed E-state index contributed by atoms with van der Waals surface area (Å²) in [6.45, 7) is 2.03. The van der Waals surface area contributed by atoms with E-state index >= 15 is 0 Å². The van der Waals surface area contributed by atoms with E-state index in [1.165, 1.54) is 11.3 Å². The highest BCUT2D eigenvalue weighted by molar-refractivity contribution is 7.10. The Morgan fingerprint density at radius 2 is 2.14 bits per heavy atom. The van der Waals surface area contributed by atoms with Crippen molar-refractivity contribution in [1.82, 2.24) is 10.7 Å². The van der Waals surface area contributed by atoms with Gasteiger partial charge in [-0.15, -0.1) is 11.3 Å². The van der Waals surface area contributed by atoms with Crippen molar-refractivity contribution in [2.75, 3.05) is 0 Å². The van der Waals surface area contributed by atoms with Crippen LogP contribution in [0.3, 0.4) is 0 Å². The first kappa shape index (κ1) is 16.0. The summed E-state index contributed by atoms with van der Waals surface area (Å²) >= 11 is 1.52. The quantitative estimate of drug-likeness (QED) is 0.605. The first-order chi connectivity index (χ1) is 10.6. The first-order valence-electron chi connectivity index (χ1n) is 6.77. The Hall–Kier alpha value is -2.41. The lowest BCUT2D eigenvalue weighted by Crippen LogP contribution is -2.26. The van der Waals surface area contributed by atoms with Gasteiger partial charge in [0.15, 0.2) is 0 Å². The molecule has 0 fully saturated rings. The third-order valence-corrected chi connectivity index (χ3v) is 3.62. The third kappa shape index (κ3) is 5.53. The minimum atomic E-state index is -0.196. The van der Waals surface area contributed by atoms with Crippen LogP contribution in [0.5, 0.6) is 0 Å². The highest BCUT2D eigenvalue weighted by Gasteiger charge is 2.06. The zero-order valence-electron chi connectivity index (χ0n) is 12.2. The number of hydrogen-bond acceptors (Lipinski definition) is 5. The average Bonchev–Trinajstić information content (AvgIpc) is 3.16. The van der Waals surface area contributed by atoms with Crippen molar-refractivity contribution < 1.29 is 14.0 Å². The van der Waals surface area contributed by atoms with Crippen LogP contribution in [-0.4, -0.2) is 17.5 Å². The molecule has 0 atom stereocenters. The van der Waals surface area contributed by atoms with Crippen LogP contribution in [0.15, 0.2) is 45.4 Å². The molecule has 2 rings (SSSR count). The average molecular weight is 319 g/mol. The molecule has 22 heavy (non-hydrogen) atoms. The van der Waals surface area contributed by atoms with Crippen molar-refractivity contribution in [3.63, 3.8) is 0 Å². The lowest BCUT2D eigenvalue weighted by molar-refractivity contribution is -0.121. The van der Waals surface area contributed by atoms with Crippen molar-refractivity contribution in [1.29, 1.82) is 0 Å². The Kier molecular flexibility index (Phi) is 5.91. The number of hydrogen-bond donors (Lipinski definition) is 2. The van der Waals surface area contributed by atoms with E-state index in [0.29, 0.717) is 24.4 Å². The number of thiophene rings is 1. The van der Waals surface area contributed by atoms with Gasteiger partial charge in [-0.3, -0.25) is 9.59 Å². The molecule has 0 radical (unpaired) electrons. The Bertz CT molecular complexity index is 633. The summed E-state index contributed by atoms with van der Waals surface area (Å²) in [7, 11) is 0. The summed E-state index contributed by atoms with van der Waals surface area (Å²) in [4.78, 5) is 24.3. The molecule has 0 saturated carbocycles. The molecule has 2 aromatic rings. The fraction of sp³-hybridized carbons (Fsp3) is 0.267. The van der Waals surface area contributed by atoms with Gasteiger partial charge in [-0.2, -0.15) is 5.10 Å². The molecule has 116 valence electrons. The summed E-state index contributed by atoms with van der Waals surface area (Å²) in [5, 5.41) is 8.56. The number of rotatable bonds is 7. The molecular weight excluding hydrogens is 302 g/mol. The standard InChI is InChI=1S/C15H17N3O3S/c1-11(8-14(19)16-10-12-4-2-6-21-12)17-18-15(20)9-13-5-3-7-22-13/h2-7H,8-10H2,1H3,(H,16,19)(H,18,20). The molecule has 0 aliphatic carbocycles. The molecule has 0 saturated heterocycles. The molecule has 2 N–H and O–H groups in total. The van der Waals surface area contributed by atoms with E-state index in [-0.39, 0.29) is 18.2 Å². The largest absolute Gasteiger partial charge is 0.467 e. The predicted molar refractivity (Wildman–Crippen MR) is 84.4 cm³/mol. The molecule has 0 aliphatic heterocycles. The number of nitrogens with one attached hydrogen (secondary N) is 2. The van der Waals surface area contributed by atoms with Gasteiger partial charge >= 0.3 is 0 Å². The zero-order chi connectivity index (χ0) is 15.8. The minimum Gasteiger partial charge on any atom is -0.467 e. The lowest BCUT2D eigenvalue weighted by atomic mass is 10.3. The monoisotopic (exact) mass is 319 g/mol. The number of nitrogens with zero attached hydrogens (tertiary/aromatic N) is 1. The zero-order valence-corrected chi connectivity index (χ0v) is 13.0. The lowest BCUT2D eigenvalue weighted by Gasteiger charge is -2.04. The van der Waals surface area contributed by atoms with E-state index in [9.17, 15) is 9.59 Å². The molecule has 0 unspecified atom stereocenters. The number of carbonyl (C=O) groups is 2. The van der Waals surface area contributed by atoms with Crippen molar-refractivity contribution >= 4 is 28.9 Å². The number of hydrazone groups is 1. The molecule has 2 aromatic heterocycles. The van der Waals surface area contributed by atoms with Gasteiger partial charge in [0.05, 0.1) is 25.6 Å². The van der Waals surface area contributed by atoms with Crippen LogP contribution in [0.1, 0.15) is 24.0 Å². The van der Waals surface area contributed by atoms with Crippen molar-refractivity contribution in [2.24, 2.45) is 5.10 Å². The van der Waals surface area contributed by atoms with E-state index in [2.05, 4.69) is 15.8 Å². The smallest absolute Gasteiger partial charge is 0.245 e. The Morgan fingerprint density at radius 3 is 2.82 bits per heavy atom. The Balaban J connectivity index is 1.70. The second-order valence-electron chi connectivity index (χ2n) is 4.67. The number of amides is 2. The van der Waals surface area contributed by atoms with Crippen molar-refractivity contribution in [3.8, 4) is 0 Å². The maximum atomic E-state index is 11.7. The molecule has 0 bridgehead atoms. The summed E-state index contributed by atoms with van der Waals surface area (Å²) in [5.74, 6) is 0.315. The van der Waals surface area contributed by atoms with Crippen molar-refractivity contribution in [2.45, 2.75) is 26.3 Å². The molecular formula is C15H17N3O3S. The van der Waals surface area contributed by atoms with Gasteiger partial charge in [-0.25, -0.2) is 5.43 Å². The maximum Gasteiger partial charge on any atom is 0.245 e. The minimum absolute atomic E-state index is 0.125. The topological polar surface area (TPSA) is 83.7 Å².